The van der Waals surface area contributed by atoms with Gasteiger partial charge in [0, 0.05) is 18.0 Å². The molecule has 3 rings (SSSR count). The predicted octanol–water partition coefficient (Wildman–Crippen LogP) is 2.87. The Bertz CT molecular complexity index is 1050. The molecule has 2 aromatic rings. The number of fused-ring (bicyclic) bond motifs is 1. The van der Waals surface area contributed by atoms with Crippen LogP contribution in [0.4, 0.5) is 0 Å². The van der Waals surface area contributed by atoms with Gasteiger partial charge in [-0.2, -0.15) is 5.26 Å². The lowest BCUT2D eigenvalue weighted by atomic mass is 9.78. The topological polar surface area (TPSA) is 132 Å². The van der Waals surface area contributed by atoms with Crippen molar-refractivity contribution in [3.63, 3.8) is 0 Å². The van der Waals surface area contributed by atoms with Gasteiger partial charge in [-0.15, -0.1) is 5.10 Å². The molecule has 0 saturated heterocycles. The SMILES string of the molecule is COc1cc([C@H]2C(C#N)=C(N)Oc3n[nH]c(C(C)(C)C)c32)cc(OC)c1OC(C)=O. The molecule has 0 saturated carbocycles. The number of aromatic nitrogens is 2. The second-order valence-electron chi connectivity index (χ2n) is 7.84. The van der Waals surface area contributed by atoms with Crippen molar-refractivity contribution < 1.29 is 23.7 Å². The van der Waals surface area contributed by atoms with E-state index in [4.69, 9.17) is 24.7 Å². The summed E-state index contributed by atoms with van der Waals surface area (Å²) in [6.45, 7) is 7.36. The first-order valence-electron chi connectivity index (χ1n) is 9.23. The molecule has 158 valence electrons. The van der Waals surface area contributed by atoms with Crippen molar-refractivity contribution in [2.24, 2.45) is 5.73 Å². The molecule has 0 fully saturated rings. The largest absolute Gasteiger partial charge is 0.493 e. The number of nitrogens with one attached hydrogen (secondary N) is 1. The van der Waals surface area contributed by atoms with Crippen LogP contribution in [0.1, 0.15) is 50.4 Å². The molecule has 9 nitrogen and oxygen atoms in total. The number of aromatic amines is 1. The number of carbonyl (C=O) groups is 1. The van der Waals surface area contributed by atoms with Gasteiger partial charge in [-0.05, 0) is 17.7 Å². The number of nitrogens with zero attached hydrogens (tertiary/aromatic N) is 2. The minimum atomic E-state index is -0.582. The van der Waals surface area contributed by atoms with Crippen LogP contribution in [0.3, 0.4) is 0 Å². The van der Waals surface area contributed by atoms with Crippen LogP contribution in [0.25, 0.3) is 0 Å². The third kappa shape index (κ3) is 3.52. The molecule has 0 bridgehead atoms. The molecule has 30 heavy (non-hydrogen) atoms. The lowest BCUT2D eigenvalue weighted by Gasteiger charge is -2.28. The Balaban J connectivity index is 2.30. The van der Waals surface area contributed by atoms with Crippen molar-refractivity contribution >= 4 is 5.97 Å². The van der Waals surface area contributed by atoms with E-state index in [1.807, 2.05) is 20.8 Å². The van der Waals surface area contributed by atoms with Gasteiger partial charge < -0.3 is 24.7 Å². The summed E-state index contributed by atoms with van der Waals surface area (Å²) in [4.78, 5) is 11.5. The highest BCUT2D eigenvalue weighted by molar-refractivity contribution is 5.73. The minimum absolute atomic E-state index is 0.0241. The summed E-state index contributed by atoms with van der Waals surface area (Å²) in [7, 11) is 2.91. The lowest BCUT2D eigenvalue weighted by Crippen LogP contribution is -2.24. The average molecular weight is 412 g/mol. The Morgan fingerprint density at radius 2 is 1.87 bits per heavy atom. The number of methoxy groups -OCH3 is 2. The molecule has 1 atom stereocenters. The van der Waals surface area contributed by atoms with Crippen LogP contribution in [0.15, 0.2) is 23.6 Å². The Morgan fingerprint density at radius 3 is 2.33 bits per heavy atom. The Morgan fingerprint density at radius 1 is 1.27 bits per heavy atom. The van der Waals surface area contributed by atoms with E-state index in [2.05, 4.69) is 16.3 Å². The van der Waals surface area contributed by atoms with Crippen molar-refractivity contribution in [2.45, 2.75) is 39.0 Å². The maximum atomic E-state index is 11.5. The van der Waals surface area contributed by atoms with E-state index in [-0.39, 0.29) is 34.1 Å². The number of nitrogens with two attached hydrogens (primary N) is 1. The highest BCUT2D eigenvalue weighted by Gasteiger charge is 2.39. The summed E-state index contributed by atoms with van der Waals surface area (Å²) >= 11 is 0. The highest BCUT2D eigenvalue weighted by Crippen LogP contribution is 2.49. The second kappa shape index (κ2) is 7.63. The molecule has 9 heteroatoms. The van der Waals surface area contributed by atoms with E-state index in [1.165, 1.54) is 21.1 Å². The molecule has 1 aliphatic rings. The van der Waals surface area contributed by atoms with Crippen LogP contribution in [-0.4, -0.2) is 30.4 Å². The Hall–Kier alpha value is -3.67. The summed E-state index contributed by atoms with van der Waals surface area (Å²) in [5.74, 6) is -0.0940. The Labute approximate surface area is 174 Å². The zero-order chi connectivity index (χ0) is 22.2. The van der Waals surface area contributed by atoms with E-state index < -0.39 is 11.9 Å². The first-order valence-corrected chi connectivity index (χ1v) is 9.23. The van der Waals surface area contributed by atoms with Gasteiger partial charge in [-0.3, -0.25) is 9.89 Å². The second-order valence-corrected chi connectivity index (χ2v) is 7.84. The molecule has 3 N–H and O–H groups in total. The molecular formula is C21H24N4O5. The number of benzene rings is 1. The maximum absolute atomic E-state index is 11.5. The fraction of sp³-hybridized carbons (Fsp3) is 0.381. The van der Waals surface area contributed by atoms with Gasteiger partial charge in [0.2, 0.25) is 17.5 Å². The van der Waals surface area contributed by atoms with E-state index in [0.717, 1.165) is 5.69 Å². The summed E-state index contributed by atoms with van der Waals surface area (Å²) in [6, 6.07) is 5.52. The van der Waals surface area contributed by atoms with Gasteiger partial charge in [0.15, 0.2) is 11.5 Å². The molecule has 1 aromatic carbocycles. The molecule has 1 aliphatic heterocycles. The molecule has 0 aliphatic carbocycles. The van der Waals surface area contributed by atoms with Crippen LogP contribution < -0.4 is 24.7 Å². The summed E-state index contributed by atoms with van der Waals surface area (Å²) in [6.07, 6.45) is 0. The van der Waals surface area contributed by atoms with E-state index >= 15 is 0 Å². The van der Waals surface area contributed by atoms with Gasteiger partial charge >= 0.3 is 5.97 Å². The normalized spacial score (nSPS) is 15.7. The zero-order valence-electron chi connectivity index (χ0n) is 17.7. The first-order chi connectivity index (χ1) is 14.1. The monoisotopic (exact) mass is 412 g/mol. The summed E-state index contributed by atoms with van der Waals surface area (Å²) in [5, 5.41) is 17.1. The number of rotatable bonds is 4. The van der Waals surface area contributed by atoms with Crippen molar-refractivity contribution in [3.8, 4) is 29.2 Å². The number of H-pyrrole nitrogens is 1. The molecule has 0 unspecified atom stereocenters. The van der Waals surface area contributed by atoms with E-state index in [9.17, 15) is 10.1 Å². The fourth-order valence-corrected chi connectivity index (χ4v) is 3.46. The predicted molar refractivity (Wildman–Crippen MR) is 107 cm³/mol. The smallest absolute Gasteiger partial charge is 0.308 e. The van der Waals surface area contributed by atoms with Crippen molar-refractivity contribution in [3.05, 3.63) is 40.4 Å². The minimum Gasteiger partial charge on any atom is -0.493 e. The van der Waals surface area contributed by atoms with Crippen LogP contribution in [-0.2, 0) is 10.2 Å². The molecule has 0 spiro atoms. The summed E-state index contributed by atoms with van der Waals surface area (Å²) in [5.41, 5.74) is 8.13. The average Bonchev–Trinajstić information content (AvgIpc) is 3.10. The van der Waals surface area contributed by atoms with Gasteiger partial charge in [0.05, 0.1) is 25.7 Å². The lowest BCUT2D eigenvalue weighted by molar-refractivity contribution is -0.132. The number of nitriles is 1. The first kappa shape index (κ1) is 21.0. The van der Waals surface area contributed by atoms with Crippen molar-refractivity contribution in [2.75, 3.05) is 14.2 Å². The molecule has 2 heterocycles. The summed E-state index contributed by atoms with van der Waals surface area (Å²) < 4.78 is 21.8. The molecular weight excluding hydrogens is 388 g/mol. The van der Waals surface area contributed by atoms with E-state index in [0.29, 0.717) is 17.0 Å². The molecule has 0 radical (unpaired) electrons. The Kier molecular flexibility index (Phi) is 5.35. The fourth-order valence-electron chi connectivity index (χ4n) is 3.46. The number of esters is 1. The molecule has 1 aromatic heterocycles. The standard InChI is InChI=1S/C21H24N4O5/c1-10(26)29-17-13(27-5)7-11(8-14(17)28-6)15-12(9-22)19(23)30-20-16(15)18(24-25-20)21(2,3)4/h7-8,15H,23H2,1-6H3,(H,24,25)/t15-/m0/s1. The van der Waals surface area contributed by atoms with Gasteiger partial charge in [-0.25, -0.2) is 0 Å². The van der Waals surface area contributed by atoms with Crippen molar-refractivity contribution in [1.29, 1.82) is 5.26 Å². The number of ether oxygens (including phenoxy) is 4. The number of carbonyl (C=O) groups excluding carboxylic acids is 1. The van der Waals surface area contributed by atoms with Crippen LogP contribution >= 0.6 is 0 Å². The van der Waals surface area contributed by atoms with Gasteiger partial charge in [0.25, 0.3) is 0 Å². The quantitative estimate of drug-likeness (QED) is 0.579. The van der Waals surface area contributed by atoms with Gasteiger partial charge in [-0.1, -0.05) is 20.8 Å². The zero-order valence-corrected chi connectivity index (χ0v) is 17.7. The van der Waals surface area contributed by atoms with E-state index in [1.54, 1.807) is 12.1 Å². The van der Waals surface area contributed by atoms with Gasteiger partial charge in [0.1, 0.15) is 11.6 Å². The third-order valence-electron chi connectivity index (χ3n) is 4.75. The number of hydrogen-bond acceptors (Lipinski definition) is 8. The van der Waals surface area contributed by atoms with Crippen molar-refractivity contribution in [1.82, 2.24) is 10.2 Å². The third-order valence-corrected chi connectivity index (χ3v) is 4.75. The highest BCUT2D eigenvalue weighted by atomic mass is 16.6. The molecule has 0 amide bonds. The van der Waals surface area contributed by atoms with Crippen LogP contribution in [0.5, 0.6) is 23.1 Å². The van der Waals surface area contributed by atoms with Crippen LogP contribution in [0.2, 0.25) is 0 Å². The number of allylic oxidation sites excluding steroid dienone is 1. The van der Waals surface area contributed by atoms with Crippen LogP contribution in [0, 0.1) is 11.3 Å². The maximum Gasteiger partial charge on any atom is 0.308 e. The number of hydrogen-bond donors (Lipinski definition) is 2.